The summed E-state index contributed by atoms with van der Waals surface area (Å²) in [6, 6.07) is 13.8. The summed E-state index contributed by atoms with van der Waals surface area (Å²) in [6.07, 6.45) is 7.88. The molecule has 3 heterocycles. The molecule has 0 fully saturated rings. The molecule has 7 nitrogen and oxygen atoms in total. The van der Waals surface area contributed by atoms with Gasteiger partial charge in [0.25, 0.3) is 0 Å². The monoisotopic (exact) mass is 429 g/mol. The number of ether oxygens (including phenoxy) is 1. The van der Waals surface area contributed by atoms with Crippen LogP contribution in [0.5, 0.6) is 0 Å². The fourth-order valence-electron chi connectivity index (χ4n) is 3.49. The normalized spacial score (nSPS) is 11.9. The van der Waals surface area contributed by atoms with Crippen molar-refractivity contribution in [1.82, 2.24) is 19.5 Å². The number of rotatable bonds is 5. The number of methoxy groups -OCH3 is 1. The highest BCUT2D eigenvalue weighted by Crippen LogP contribution is 2.42. The first-order valence-electron chi connectivity index (χ1n) is 9.75. The number of hydrogen-bond donors (Lipinski definition) is 1. The highest BCUT2D eigenvalue weighted by Gasteiger charge is 2.18. The minimum absolute atomic E-state index is 0.333. The molecule has 0 atom stereocenters. The van der Waals surface area contributed by atoms with E-state index in [1.807, 2.05) is 24.5 Å². The number of benzene rings is 2. The van der Waals surface area contributed by atoms with E-state index in [-0.39, 0.29) is 5.97 Å². The second-order valence-electron chi connectivity index (χ2n) is 7.10. The molecule has 1 aliphatic rings. The Labute approximate surface area is 183 Å². The van der Waals surface area contributed by atoms with Gasteiger partial charge in [-0.15, -0.1) is 0 Å². The third-order valence-electron chi connectivity index (χ3n) is 5.06. The van der Waals surface area contributed by atoms with E-state index in [2.05, 4.69) is 43.0 Å². The Morgan fingerprint density at radius 3 is 2.68 bits per heavy atom. The fourth-order valence-corrected chi connectivity index (χ4v) is 4.36. The molecule has 0 spiro atoms. The van der Waals surface area contributed by atoms with E-state index in [1.165, 1.54) is 12.7 Å². The van der Waals surface area contributed by atoms with Gasteiger partial charge in [-0.1, -0.05) is 30.0 Å². The van der Waals surface area contributed by atoms with Crippen LogP contribution in [0.4, 0.5) is 11.5 Å². The van der Waals surface area contributed by atoms with E-state index >= 15 is 0 Å². The van der Waals surface area contributed by atoms with Gasteiger partial charge in [-0.2, -0.15) is 0 Å². The van der Waals surface area contributed by atoms with Crippen LogP contribution >= 0.6 is 11.8 Å². The fraction of sp³-hybridized carbons (Fsp3) is 0.130. The van der Waals surface area contributed by atoms with Crippen molar-refractivity contribution in [3.63, 3.8) is 0 Å². The van der Waals surface area contributed by atoms with Gasteiger partial charge in [0.1, 0.15) is 10.9 Å². The molecule has 2 aromatic carbocycles. The van der Waals surface area contributed by atoms with Crippen molar-refractivity contribution in [2.75, 3.05) is 12.4 Å². The number of hydrogen-bond acceptors (Lipinski definition) is 7. The van der Waals surface area contributed by atoms with E-state index in [4.69, 9.17) is 4.74 Å². The number of carbonyl (C=O) groups excluding carboxylic acids is 1. The standard InChI is InChI=1S/C23H19N5O2S/c1-30-23(29)17-5-2-15(3-6-17)13-20-24-10-11-28(20)14-16-4-7-19-18(12-16)27-21-22(31-19)26-9-8-25-21/h2-12H,13-14H2,1H3,(H,25,27). The zero-order valence-electron chi connectivity index (χ0n) is 16.8. The zero-order valence-corrected chi connectivity index (χ0v) is 17.6. The Kier molecular flexibility index (Phi) is 5.13. The van der Waals surface area contributed by atoms with Gasteiger partial charge in [-0.3, -0.25) is 0 Å². The van der Waals surface area contributed by atoms with Crippen LogP contribution in [0, 0.1) is 0 Å². The highest BCUT2D eigenvalue weighted by molar-refractivity contribution is 7.99. The van der Waals surface area contributed by atoms with Crippen LogP contribution in [-0.4, -0.2) is 32.6 Å². The van der Waals surface area contributed by atoms with Crippen molar-refractivity contribution in [3.05, 3.63) is 89.8 Å². The van der Waals surface area contributed by atoms with Crippen molar-refractivity contribution in [2.45, 2.75) is 22.9 Å². The number of nitrogens with zero attached hydrogens (tertiary/aromatic N) is 4. The molecule has 1 N–H and O–H groups in total. The van der Waals surface area contributed by atoms with Gasteiger partial charge in [0, 0.05) is 42.6 Å². The quantitative estimate of drug-likeness (QED) is 0.417. The van der Waals surface area contributed by atoms with Crippen molar-refractivity contribution < 1.29 is 9.53 Å². The van der Waals surface area contributed by atoms with E-state index in [0.717, 1.165) is 32.8 Å². The summed E-state index contributed by atoms with van der Waals surface area (Å²) >= 11 is 1.62. The van der Waals surface area contributed by atoms with Gasteiger partial charge in [0.2, 0.25) is 0 Å². The van der Waals surface area contributed by atoms with E-state index in [0.29, 0.717) is 18.5 Å². The molecule has 0 radical (unpaired) electrons. The van der Waals surface area contributed by atoms with Crippen LogP contribution < -0.4 is 5.32 Å². The first kappa shape index (κ1) is 19.3. The predicted octanol–water partition coefficient (Wildman–Crippen LogP) is 4.31. The number of nitrogens with one attached hydrogen (secondary N) is 1. The summed E-state index contributed by atoms with van der Waals surface area (Å²) in [7, 11) is 1.38. The van der Waals surface area contributed by atoms with E-state index in [1.54, 1.807) is 36.3 Å². The van der Waals surface area contributed by atoms with Gasteiger partial charge in [0.15, 0.2) is 5.82 Å². The maximum absolute atomic E-state index is 11.6. The molecular weight excluding hydrogens is 410 g/mol. The second kappa shape index (κ2) is 8.23. The molecule has 1 aliphatic heterocycles. The lowest BCUT2D eigenvalue weighted by molar-refractivity contribution is 0.0600. The van der Waals surface area contributed by atoms with Gasteiger partial charge in [0.05, 0.1) is 18.4 Å². The molecule has 31 heavy (non-hydrogen) atoms. The van der Waals surface area contributed by atoms with Crippen molar-refractivity contribution in [1.29, 1.82) is 0 Å². The minimum Gasteiger partial charge on any atom is -0.465 e. The first-order valence-corrected chi connectivity index (χ1v) is 10.6. The second-order valence-corrected chi connectivity index (χ2v) is 8.13. The van der Waals surface area contributed by atoms with Gasteiger partial charge in [-0.25, -0.2) is 19.7 Å². The Morgan fingerprint density at radius 1 is 1.03 bits per heavy atom. The molecule has 2 aromatic heterocycles. The summed E-state index contributed by atoms with van der Waals surface area (Å²) in [6.45, 7) is 0.711. The molecule has 0 saturated carbocycles. The minimum atomic E-state index is -0.333. The van der Waals surface area contributed by atoms with Crippen LogP contribution in [0.1, 0.15) is 27.3 Å². The number of esters is 1. The molecular formula is C23H19N5O2S. The average Bonchev–Trinajstić information content (AvgIpc) is 3.24. The van der Waals surface area contributed by atoms with E-state index < -0.39 is 0 Å². The summed E-state index contributed by atoms with van der Waals surface area (Å²) < 4.78 is 6.90. The molecule has 4 aromatic rings. The summed E-state index contributed by atoms with van der Waals surface area (Å²) in [5.74, 6) is 1.42. The number of imidazole rings is 1. The molecule has 0 amide bonds. The SMILES string of the molecule is COC(=O)c1ccc(Cc2nccn2Cc2ccc3c(c2)Nc2nccnc2S3)cc1. The number of aromatic nitrogens is 4. The van der Waals surface area contributed by atoms with Crippen LogP contribution in [-0.2, 0) is 17.7 Å². The molecule has 0 bridgehead atoms. The summed E-state index contributed by atoms with van der Waals surface area (Å²) in [4.78, 5) is 26.0. The third kappa shape index (κ3) is 4.02. The van der Waals surface area contributed by atoms with Crippen LogP contribution in [0.15, 0.2) is 77.2 Å². The molecule has 0 saturated heterocycles. The number of carbonyl (C=O) groups is 1. The summed E-state index contributed by atoms with van der Waals surface area (Å²) in [5, 5.41) is 4.26. The topological polar surface area (TPSA) is 81.9 Å². The van der Waals surface area contributed by atoms with Crippen LogP contribution in [0.25, 0.3) is 0 Å². The number of anilines is 2. The van der Waals surface area contributed by atoms with Crippen LogP contribution in [0.2, 0.25) is 0 Å². The maximum atomic E-state index is 11.6. The average molecular weight is 430 g/mol. The molecule has 0 aliphatic carbocycles. The molecule has 5 rings (SSSR count). The van der Waals surface area contributed by atoms with Gasteiger partial charge < -0.3 is 14.6 Å². The highest BCUT2D eigenvalue weighted by atomic mass is 32.2. The molecule has 8 heteroatoms. The first-order chi connectivity index (χ1) is 15.2. The van der Waals surface area contributed by atoms with E-state index in [9.17, 15) is 4.79 Å². The van der Waals surface area contributed by atoms with Gasteiger partial charge in [-0.05, 0) is 35.4 Å². The lowest BCUT2D eigenvalue weighted by Crippen LogP contribution is -2.07. The Morgan fingerprint density at radius 2 is 1.84 bits per heavy atom. The van der Waals surface area contributed by atoms with Gasteiger partial charge >= 0.3 is 5.97 Å². The largest absolute Gasteiger partial charge is 0.465 e. The van der Waals surface area contributed by atoms with Crippen LogP contribution in [0.3, 0.4) is 0 Å². The third-order valence-corrected chi connectivity index (χ3v) is 6.13. The lowest BCUT2D eigenvalue weighted by Gasteiger charge is -2.19. The Hall–Kier alpha value is -3.65. The Bertz CT molecular complexity index is 1250. The van der Waals surface area contributed by atoms with Crippen molar-refractivity contribution in [3.8, 4) is 0 Å². The summed E-state index contributed by atoms with van der Waals surface area (Å²) in [5.41, 5.74) is 3.83. The van der Waals surface area contributed by atoms with Crippen molar-refractivity contribution >= 4 is 29.2 Å². The molecule has 154 valence electrons. The zero-order chi connectivity index (χ0) is 21.2. The molecule has 0 unspecified atom stereocenters. The predicted molar refractivity (Wildman–Crippen MR) is 118 cm³/mol. The lowest BCUT2D eigenvalue weighted by atomic mass is 10.1. The maximum Gasteiger partial charge on any atom is 0.337 e. The smallest absolute Gasteiger partial charge is 0.337 e. The van der Waals surface area contributed by atoms with Crippen molar-refractivity contribution in [2.24, 2.45) is 0 Å². The number of fused-ring (bicyclic) bond motifs is 2. The Balaban J connectivity index is 1.32.